The highest BCUT2D eigenvalue weighted by molar-refractivity contribution is 5.94. The van der Waals surface area contributed by atoms with E-state index >= 15 is 0 Å². The third kappa shape index (κ3) is 4.43. The Bertz CT molecular complexity index is 1450. The number of benzene rings is 2. The predicted octanol–water partition coefficient (Wildman–Crippen LogP) is 5.93. The Labute approximate surface area is 210 Å². The summed E-state index contributed by atoms with van der Waals surface area (Å²) in [7, 11) is 4.81. The molecule has 7 heteroatoms. The van der Waals surface area contributed by atoms with Crippen LogP contribution in [0.25, 0.3) is 22.2 Å². The van der Waals surface area contributed by atoms with Crippen molar-refractivity contribution in [3.05, 3.63) is 90.6 Å². The number of nitrogens with zero attached hydrogens (tertiary/aromatic N) is 3. The van der Waals surface area contributed by atoms with Crippen molar-refractivity contribution in [2.75, 3.05) is 32.8 Å². The first-order chi connectivity index (χ1) is 17.6. The lowest BCUT2D eigenvalue weighted by atomic mass is 10.0. The molecule has 3 heterocycles. The van der Waals surface area contributed by atoms with E-state index in [4.69, 9.17) is 23.9 Å². The summed E-state index contributed by atoms with van der Waals surface area (Å²) in [6.07, 6.45) is 7.73. The average Bonchev–Trinajstić information content (AvgIpc) is 2.93. The highest BCUT2D eigenvalue weighted by atomic mass is 16.5. The molecule has 0 N–H and O–H groups in total. The lowest BCUT2D eigenvalue weighted by Gasteiger charge is -2.25. The molecular formula is C29H27N3O4. The van der Waals surface area contributed by atoms with Crippen LogP contribution >= 0.6 is 0 Å². The van der Waals surface area contributed by atoms with Crippen molar-refractivity contribution < 1.29 is 18.9 Å². The first-order valence-corrected chi connectivity index (χ1v) is 11.6. The molecule has 0 unspecified atom stereocenters. The van der Waals surface area contributed by atoms with E-state index in [1.165, 1.54) is 0 Å². The molecule has 0 amide bonds. The van der Waals surface area contributed by atoms with E-state index in [2.05, 4.69) is 16.0 Å². The van der Waals surface area contributed by atoms with Crippen LogP contribution in [-0.4, -0.2) is 37.8 Å². The summed E-state index contributed by atoms with van der Waals surface area (Å²) >= 11 is 0. The molecule has 0 bridgehead atoms. The van der Waals surface area contributed by atoms with Crippen LogP contribution in [0.5, 0.6) is 23.0 Å². The molecule has 182 valence electrons. The van der Waals surface area contributed by atoms with E-state index in [0.29, 0.717) is 29.5 Å². The van der Waals surface area contributed by atoms with Crippen LogP contribution in [0.1, 0.15) is 5.69 Å². The zero-order chi connectivity index (χ0) is 25.1. The Morgan fingerprint density at radius 1 is 0.861 bits per heavy atom. The fourth-order valence-electron chi connectivity index (χ4n) is 4.23. The van der Waals surface area contributed by atoms with Crippen LogP contribution in [0, 0.1) is 6.92 Å². The number of hydrogen-bond acceptors (Lipinski definition) is 7. The monoisotopic (exact) mass is 481 g/mol. The maximum absolute atomic E-state index is 6.35. The highest BCUT2D eigenvalue weighted by Crippen LogP contribution is 2.41. The van der Waals surface area contributed by atoms with E-state index in [-0.39, 0.29) is 0 Å². The van der Waals surface area contributed by atoms with E-state index in [0.717, 1.165) is 39.3 Å². The number of anilines is 1. The number of para-hydroxylation sites is 1. The van der Waals surface area contributed by atoms with Crippen molar-refractivity contribution >= 4 is 16.6 Å². The zero-order valence-electron chi connectivity index (χ0n) is 20.7. The second-order valence-corrected chi connectivity index (χ2v) is 8.24. The lowest BCUT2D eigenvalue weighted by molar-refractivity contribution is 0.324. The number of hydrogen-bond donors (Lipinski definition) is 0. The third-order valence-corrected chi connectivity index (χ3v) is 6.02. The number of pyridine rings is 2. The minimum absolute atomic E-state index is 0.562. The molecule has 1 aliphatic heterocycles. The first-order valence-electron chi connectivity index (χ1n) is 11.6. The topological polar surface area (TPSA) is 65.9 Å². The van der Waals surface area contributed by atoms with E-state index in [1.807, 2.05) is 73.8 Å². The van der Waals surface area contributed by atoms with Gasteiger partial charge in [0.05, 0.1) is 26.8 Å². The number of methoxy groups -OCH3 is 3. The number of aryl methyl sites for hydroxylation is 1. The molecule has 36 heavy (non-hydrogen) atoms. The van der Waals surface area contributed by atoms with Gasteiger partial charge in [0, 0.05) is 53.4 Å². The molecule has 2 aromatic carbocycles. The van der Waals surface area contributed by atoms with E-state index in [1.54, 1.807) is 27.5 Å². The standard InChI is InChI=1S/C29H27N3O4/c1-19-9-10-25(28(31-19)23-11-14-30-24-8-6-5-7-22(23)24)36-21-12-15-32(16-13-21)20-17-26(33-2)29(35-4)27(18-20)34-3/h5-15,17-18H,16H2,1-4H3. The lowest BCUT2D eigenvalue weighted by Crippen LogP contribution is -2.20. The van der Waals surface area contributed by atoms with Crippen molar-refractivity contribution in [2.24, 2.45) is 0 Å². The van der Waals surface area contributed by atoms with Crippen molar-refractivity contribution in [3.8, 4) is 34.3 Å². The molecular weight excluding hydrogens is 454 g/mol. The number of allylic oxidation sites excluding steroid dienone is 1. The van der Waals surface area contributed by atoms with Gasteiger partial charge in [-0.2, -0.15) is 0 Å². The van der Waals surface area contributed by atoms with Crippen LogP contribution < -0.4 is 23.8 Å². The summed E-state index contributed by atoms with van der Waals surface area (Å²) in [5, 5.41) is 1.03. The average molecular weight is 482 g/mol. The third-order valence-electron chi connectivity index (χ3n) is 6.02. The molecule has 2 aromatic heterocycles. The Morgan fingerprint density at radius 2 is 1.64 bits per heavy atom. The number of rotatable bonds is 7. The Kier molecular flexibility index (Phi) is 6.45. The van der Waals surface area contributed by atoms with Crippen LogP contribution in [0.2, 0.25) is 0 Å². The largest absolute Gasteiger partial charge is 0.493 e. The van der Waals surface area contributed by atoms with E-state index in [9.17, 15) is 0 Å². The Hall–Kier alpha value is -4.52. The molecule has 7 nitrogen and oxygen atoms in total. The van der Waals surface area contributed by atoms with Gasteiger partial charge in [0.15, 0.2) is 17.2 Å². The number of ether oxygens (including phenoxy) is 4. The maximum atomic E-state index is 6.35. The molecule has 0 atom stereocenters. The molecule has 0 fully saturated rings. The van der Waals surface area contributed by atoms with Crippen molar-refractivity contribution in [1.82, 2.24) is 9.97 Å². The van der Waals surface area contributed by atoms with Gasteiger partial charge in [-0.15, -0.1) is 0 Å². The fraction of sp³-hybridized carbons (Fsp3) is 0.172. The molecule has 0 spiro atoms. The molecule has 5 rings (SSSR count). The summed E-state index contributed by atoms with van der Waals surface area (Å²) in [5.74, 6) is 3.20. The van der Waals surface area contributed by atoms with Crippen LogP contribution in [-0.2, 0) is 0 Å². The molecule has 1 aliphatic rings. The van der Waals surface area contributed by atoms with Gasteiger partial charge in [-0.1, -0.05) is 18.2 Å². The fourth-order valence-corrected chi connectivity index (χ4v) is 4.23. The van der Waals surface area contributed by atoms with Crippen molar-refractivity contribution in [1.29, 1.82) is 0 Å². The van der Waals surface area contributed by atoms with E-state index < -0.39 is 0 Å². The smallest absolute Gasteiger partial charge is 0.203 e. The van der Waals surface area contributed by atoms with Crippen LogP contribution in [0.3, 0.4) is 0 Å². The van der Waals surface area contributed by atoms with Gasteiger partial charge >= 0.3 is 0 Å². The van der Waals surface area contributed by atoms with Gasteiger partial charge in [-0.25, -0.2) is 4.98 Å². The second-order valence-electron chi connectivity index (χ2n) is 8.24. The minimum Gasteiger partial charge on any atom is -0.493 e. The van der Waals surface area contributed by atoms with Crippen LogP contribution in [0.4, 0.5) is 5.69 Å². The van der Waals surface area contributed by atoms with Crippen molar-refractivity contribution in [3.63, 3.8) is 0 Å². The molecule has 0 saturated heterocycles. The van der Waals surface area contributed by atoms with Gasteiger partial charge < -0.3 is 23.8 Å². The highest BCUT2D eigenvalue weighted by Gasteiger charge is 2.18. The molecule has 4 aromatic rings. The zero-order valence-corrected chi connectivity index (χ0v) is 20.7. The van der Waals surface area contributed by atoms with Gasteiger partial charge in [0.25, 0.3) is 0 Å². The summed E-state index contributed by atoms with van der Waals surface area (Å²) in [6.45, 7) is 2.59. The second kappa shape index (κ2) is 10.00. The predicted molar refractivity (Wildman–Crippen MR) is 141 cm³/mol. The van der Waals surface area contributed by atoms with Crippen molar-refractivity contribution in [2.45, 2.75) is 6.92 Å². The van der Waals surface area contributed by atoms with Gasteiger partial charge in [-0.3, -0.25) is 4.98 Å². The summed E-state index contributed by atoms with van der Waals surface area (Å²) in [6, 6.07) is 17.8. The normalized spacial score (nSPS) is 12.9. The quantitative estimate of drug-likeness (QED) is 0.324. The maximum Gasteiger partial charge on any atom is 0.203 e. The van der Waals surface area contributed by atoms with Gasteiger partial charge in [-0.05, 0) is 43.3 Å². The molecule has 0 saturated carbocycles. The SMILES string of the molecule is COc1cc(N2C=CC(Oc3ccc(C)nc3-c3ccnc4ccccc34)=CC2)cc(OC)c1OC. The van der Waals surface area contributed by atoms with Gasteiger partial charge in [0.1, 0.15) is 11.5 Å². The van der Waals surface area contributed by atoms with Crippen LogP contribution in [0.15, 0.2) is 84.9 Å². The molecule has 0 radical (unpaired) electrons. The Morgan fingerprint density at radius 3 is 2.33 bits per heavy atom. The Balaban J connectivity index is 1.42. The first kappa shape index (κ1) is 23.2. The minimum atomic E-state index is 0.562. The number of fused-ring (bicyclic) bond motifs is 1. The summed E-state index contributed by atoms with van der Waals surface area (Å²) in [5.41, 5.74) is 4.52. The summed E-state index contributed by atoms with van der Waals surface area (Å²) < 4.78 is 22.8. The number of aromatic nitrogens is 2. The molecule has 0 aliphatic carbocycles. The summed E-state index contributed by atoms with van der Waals surface area (Å²) in [4.78, 5) is 11.4. The van der Waals surface area contributed by atoms with Gasteiger partial charge in [0.2, 0.25) is 5.75 Å².